The number of hydrogen-bond donors (Lipinski definition) is 2. The molecule has 3 N–H and O–H groups in total. The molecule has 51 heavy (non-hydrogen) atoms. The third-order valence-electron chi connectivity index (χ3n) is 9.10. The Kier molecular flexibility index (Phi) is 17.4. The summed E-state index contributed by atoms with van der Waals surface area (Å²) in [4.78, 5) is 14.6. The Morgan fingerprint density at radius 1 is 1.04 bits per heavy atom. The van der Waals surface area contributed by atoms with Gasteiger partial charge in [0.1, 0.15) is 35.9 Å². The molecule has 1 aliphatic rings. The van der Waals surface area contributed by atoms with Crippen molar-refractivity contribution in [3.63, 3.8) is 0 Å². The fourth-order valence-corrected chi connectivity index (χ4v) is 6.78. The Balaban J connectivity index is 1.19. The van der Waals surface area contributed by atoms with Gasteiger partial charge in [-0.3, -0.25) is 0 Å². The summed E-state index contributed by atoms with van der Waals surface area (Å²) in [7, 11) is -2.39. The van der Waals surface area contributed by atoms with E-state index in [1.54, 1.807) is 10.6 Å². The third kappa shape index (κ3) is 13.0. The molecule has 4 unspecified atom stereocenters. The van der Waals surface area contributed by atoms with Crippen LogP contribution in [0.3, 0.4) is 0 Å². The first-order valence-electron chi connectivity index (χ1n) is 18.2. The number of ether oxygens (including phenoxy) is 3. The maximum absolute atomic E-state index is 14.5. The lowest BCUT2D eigenvalue weighted by Gasteiger charge is -2.24. The van der Waals surface area contributed by atoms with E-state index < -0.39 is 32.2 Å². The molecule has 4 rings (SSSR count). The molecule has 0 spiro atoms. The second-order valence-corrected chi connectivity index (χ2v) is 14.1. The molecule has 12 nitrogen and oxygen atoms in total. The first-order valence-corrected chi connectivity index (χ1v) is 19.3. The minimum absolute atomic E-state index is 0.0739. The summed E-state index contributed by atoms with van der Waals surface area (Å²) in [6.45, 7) is 2.60. The molecular formula is C37H52FN6O6P. The van der Waals surface area contributed by atoms with Crippen molar-refractivity contribution in [2.24, 2.45) is 0 Å². The average molecular weight is 727 g/mol. The van der Waals surface area contributed by atoms with E-state index in [-0.39, 0.29) is 37.6 Å². The molecule has 0 amide bonds. The van der Waals surface area contributed by atoms with Gasteiger partial charge in [0.25, 0.3) is 0 Å². The minimum atomic E-state index is -2.39. The number of nitriles is 2. The van der Waals surface area contributed by atoms with Crippen molar-refractivity contribution in [2.75, 3.05) is 32.2 Å². The second kappa shape index (κ2) is 22.0. The van der Waals surface area contributed by atoms with Gasteiger partial charge in [0.2, 0.25) is 0 Å². The van der Waals surface area contributed by atoms with E-state index in [1.165, 1.54) is 82.7 Å². The summed E-state index contributed by atoms with van der Waals surface area (Å²) < 4.78 is 45.3. The van der Waals surface area contributed by atoms with Crippen molar-refractivity contribution in [3.05, 3.63) is 59.3 Å². The zero-order valence-corrected chi connectivity index (χ0v) is 30.6. The van der Waals surface area contributed by atoms with Gasteiger partial charge in [-0.1, -0.05) is 83.6 Å². The predicted molar refractivity (Wildman–Crippen MR) is 191 cm³/mol. The number of anilines is 1. The number of nitrogen functional groups attached to an aromatic ring is 1. The van der Waals surface area contributed by atoms with Crippen molar-refractivity contribution >= 4 is 19.9 Å². The van der Waals surface area contributed by atoms with E-state index in [2.05, 4.69) is 23.1 Å². The van der Waals surface area contributed by atoms with E-state index in [0.717, 1.165) is 24.6 Å². The molecule has 2 aromatic heterocycles. The number of halogens is 1. The van der Waals surface area contributed by atoms with E-state index in [4.69, 9.17) is 34.3 Å². The van der Waals surface area contributed by atoms with Gasteiger partial charge >= 0.3 is 8.60 Å². The predicted octanol–water partition coefficient (Wildman–Crippen LogP) is 7.99. The number of aromatic nitrogens is 3. The largest absolute Gasteiger partial charge is 0.382 e. The van der Waals surface area contributed by atoms with Gasteiger partial charge in [-0.15, -0.1) is 0 Å². The Morgan fingerprint density at radius 3 is 2.45 bits per heavy atom. The molecule has 3 aromatic rings. The molecule has 1 aliphatic heterocycles. The molecule has 0 bridgehead atoms. The van der Waals surface area contributed by atoms with Gasteiger partial charge < -0.3 is 33.9 Å². The van der Waals surface area contributed by atoms with E-state index in [0.29, 0.717) is 30.8 Å². The maximum atomic E-state index is 14.5. The number of nitrogens with zero attached hydrogens (tertiary/aromatic N) is 5. The van der Waals surface area contributed by atoms with Crippen LogP contribution in [0.4, 0.5) is 10.2 Å². The first-order chi connectivity index (χ1) is 24.9. The molecule has 4 atom stereocenters. The van der Waals surface area contributed by atoms with Crippen LogP contribution >= 0.6 is 8.60 Å². The standard InChI is InChI=1S/C37H52FN6O6P/c1-2-3-4-5-6-7-8-9-10-11-12-13-20-46-24-31(47-23-30-15-14-29(22-39)21-32(30)38)25-48-51(45)49-27-37(26-40)19-18-35(50-37)33-16-17-34-36(41)42-28-43-44(33)34/h14-17,21,28,31,35,45H,2-13,18-20,23-25,27H2,1H3,(H2,41,42,43). The highest BCUT2D eigenvalue weighted by atomic mass is 31.2. The quantitative estimate of drug-likeness (QED) is 0.0641. The molecule has 0 aliphatic carbocycles. The molecule has 278 valence electrons. The number of rotatable bonds is 25. The molecule has 0 saturated carbocycles. The zero-order chi connectivity index (χ0) is 36.3. The molecule has 14 heteroatoms. The third-order valence-corrected chi connectivity index (χ3v) is 9.82. The van der Waals surface area contributed by atoms with Crippen LogP contribution < -0.4 is 5.73 Å². The van der Waals surface area contributed by atoms with Gasteiger partial charge in [0.15, 0.2) is 11.4 Å². The first kappa shape index (κ1) is 40.5. The summed E-state index contributed by atoms with van der Waals surface area (Å²) in [5, 5.41) is 23.3. The summed E-state index contributed by atoms with van der Waals surface area (Å²) in [6.07, 6.45) is 16.2. The summed E-state index contributed by atoms with van der Waals surface area (Å²) in [6, 6.07) is 12.0. The van der Waals surface area contributed by atoms with Crippen LogP contribution in [0, 0.1) is 28.5 Å². The molecule has 1 aromatic carbocycles. The summed E-state index contributed by atoms with van der Waals surface area (Å²) in [5.41, 5.74) is 6.56. The van der Waals surface area contributed by atoms with Crippen LogP contribution in [0.5, 0.6) is 0 Å². The molecule has 1 saturated heterocycles. The molecule has 1 fully saturated rings. The van der Waals surface area contributed by atoms with Crippen LogP contribution in [0.1, 0.15) is 120 Å². The number of unbranched alkanes of at least 4 members (excludes halogenated alkanes) is 11. The number of fused-ring (bicyclic) bond motifs is 1. The van der Waals surface area contributed by atoms with Crippen LogP contribution in [0.2, 0.25) is 0 Å². The van der Waals surface area contributed by atoms with Gasteiger partial charge in [0, 0.05) is 12.2 Å². The number of nitrogens with two attached hydrogens (primary N) is 1. The van der Waals surface area contributed by atoms with Crippen molar-refractivity contribution in [2.45, 2.75) is 121 Å². The molecular weight excluding hydrogens is 674 g/mol. The highest BCUT2D eigenvalue weighted by molar-refractivity contribution is 7.40. The van der Waals surface area contributed by atoms with Crippen molar-refractivity contribution < 1.29 is 32.5 Å². The van der Waals surface area contributed by atoms with E-state index in [9.17, 15) is 14.5 Å². The van der Waals surface area contributed by atoms with E-state index in [1.807, 2.05) is 12.1 Å². The fraction of sp³-hybridized carbons (Fsp3) is 0.622. The van der Waals surface area contributed by atoms with Crippen molar-refractivity contribution in [1.82, 2.24) is 14.6 Å². The topological polar surface area (TPSA) is 170 Å². The summed E-state index contributed by atoms with van der Waals surface area (Å²) >= 11 is 0. The normalized spacial score (nSPS) is 18.5. The van der Waals surface area contributed by atoms with Gasteiger partial charge in [-0.05, 0) is 43.5 Å². The van der Waals surface area contributed by atoms with Crippen molar-refractivity contribution in [3.8, 4) is 12.1 Å². The van der Waals surface area contributed by atoms with Crippen LogP contribution in [-0.2, 0) is 29.9 Å². The number of benzene rings is 1. The fourth-order valence-electron chi connectivity index (χ4n) is 6.09. The Bertz CT molecular complexity index is 1570. The Morgan fingerprint density at radius 2 is 1.76 bits per heavy atom. The Hall–Kier alpha value is -3.26. The second-order valence-electron chi connectivity index (χ2n) is 13.1. The van der Waals surface area contributed by atoms with Crippen molar-refractivity contribution in [1.29, 1.82) is 10.5 Å². The lowest BCUT2D eigenvalue weighted by atomic mass is 10.0. The lowest BCUT2D eigenvalue weighted by molar-refractivity contribution is -0.0544. The molecule has 0 radical (unpaired) electrons. The highest BCUT2D eigenvalue weighted by Gasteiger charge is 2.43. The Labute approximate surface area is 302 Å². The monoisotopic (exact) mass is 726 g/mol. The SMILES string of the molecule is CCCCCCCCCCCCCCOCC(COP(O)OCC1(C#N)CCC(c2ccc3c(N)ncnn23)O1)OCc1ccc(C#N)cc1F. The smallest absolute Gasteiger partial charge is 0.330 e. The van der Waals surface area contributed by atoms with E-state index >= 15 is 0 Å². The van der Waals surface area contributed by atoms with Crippen LogP contribution in [0.25, 0.3) is 5.52 Å². The highest BCUT2D eigenvalue weighted by Crippen LogP contribution is 2.43. The van der Waals surface area contributed by atoms with Gasteiger partial charge in [0.05, 0.1) is 43.8 Å². The summed E-state index contributed by atoms with van der Waals surface area (Å²) in [5.74, 6) is -0.203. The maximum Gasteiger partial charge on any atom is 0.330 e. The lowest BCUT2D eigenvalue weighted by Crippen LogP contribution is -2.32. The van der Waals surface area contributed by atoms with Crippen LogP contribution in [-0.4, -0.2) is 57.6 Å². The number of hydrogen-bond acceptors (Lipinski definition) is 11. The van der Waals surface area contributed by atoms with Gasteiger partial charge in [-0.25, -0.2) is 13.9 Å². The van der Waals surface area contributed by atoms with Crippen LogP contribution in [0.15, 0.2) is 36.7 Å². The van der Waals surface area contributed by atoms with Gasteiger partial charge in [-0.2, -0.15) is 15.6 Å². The zero-order valence-electron chi connectivity index (χ0n) is 29.7. The molecule has 3 heterocycles. The average Bonchev–Trinajstić information content (AvgIpc) is 3.78. The minimum Gasteiger partial charge on any atom is -0.382 e.